The number of rotatable bonds is 7. The standard InChI is InChI=1S/C18H25NO3/c1-6-13-18(4,7-2)17(21)19(8-3)16(20)14-9-11-15(22-5)12-10-14/h6,9-12H,1,7-8,13H2,2-5H3/t18-/m0/s1. The average molecular weight is 303 g/mol. The molecular weight excluding hydrogens is 278 g/mol. The summed E-state index contributed by atoms with van der Waals surface area (Å²) in [5, 5.41) is 0. The molecule has 120 valence electrons. The van der Waals surface area contributed by atoms with Gasteiger partial charge in [0, 0.05) is 12.1 Å². The topological polar surface area (TPSA) is 46.6 Å². The number of ether oxygens (including phenoxy) is 1. The Morgan fingerprint density at radius 2 is 1.86 bits per heavy atom. The molecule has 4 heteroatoms. The van der Waals surface area contributed by atoms with Gasteiger partial charge in [-0.3, -0.25) is 14.5 Å². The number of allylic oxidation sites excluding steroid dienone is 1. The molecule has 4 nitrogen and oxygen atoms in total. The monoisotopic (exact) mass is 303 g/mol. The predicted octanol–water partition coefficient (Wildman–Crippen LogP) is 3.68. The van der Waals surface area contributed by atoms with Gasteiger partial charge in [0.15, 0.2) is 0 Å². The SMILES string of the molecule is C=CC[C@](C)(CC)C(=O)N(CC)C(=O)c1ccc(OC)cc1. The molecule has 0 fully saturated rings. The first-order chi connectivity index (χ1) is 10.4. The smallest absolute Gasteiger partial charge is 0.260 e. The van der Waals surface area contributed by atoms with Gasteiger partial charge in [-0.15, -0.1) is 6.58 Å². The molecule has 1 atom stereocenters. The molecule has 1 aromatic rings. The van der Waals surface area contributed by atoms with Crippen LogP contribution in [0.25, 0.3) is 0 Å². The van der Waals surface area contributed by atoms with E-state index in [4.69, 9.17) is 4.74 Å². The van der Waals surface area contributed by atoms with Gasteiger partial charge in [-0.05, 0) is 44.0 Å². The van der Waals surface area contributed by atoms with E-state index in [1.807, 2.05) is 20.8 Å². The number of benzene rings is 1. The van der Waals surface area contributed by atoms with Gasteiger partial charge in [0.05, 0.1) is 12.5 Å². The number of imide groups is 1. The van der Waals surface area contributed by atoms with Crippen LogP contribution in [0.2, 0.25) is 0 Å². The van der Waals surface area contributed by atoms with Crippen LogP contribution in [-0.4, -0.2) is 30.4 Å². The fourth-order valence-electron chi connectivity index (χ4n) is 2.30. The van der Waals surface area contributed by atoms with Crippen molar-refractivity contribution in [2.75, 3.05) is 13.7 Å². The zero-order chi connectivity index (χ0) is 16.8. The second-order valence-electron chi connectivity index (χ2n) is 5.49. The lowest BCUT2D eigenvalue weighted by Gasteiger charge is -2.31. The van der Waals surface area contributed by atoms with Gasteiger partial charge in [-0.1, -0.05) is 19.9 Å². The van der Waals surface area contributed by atoms with E-state index in [1.165, 1.54) is 4.90 Å². The molecule has 0 unspecified atom stereocenters. The van der Waals surface area contributed by atoms with Crippen LogP contribution < -0.4 is 4.74 Å². The third-order valence-corrected chi connectivity index (χ3v) is 4.04. The van der Waals surface area contributed by atoms with Crippen molar-refractivity contribution in [3.8, 4) is 5.75 Å². The fraction of sp³-hybridized carbons (Fsp3) is 0.444. The Morgan fingerprint density at radius 3 is 2.27 bits per heavy atom. The third-order valence-electron chi connectivity index (χ3n) is 4.04. The number of hydrogen-bond acceptors (Lipinski definition) is 3. The number of carbonyl (C=O) groups excluding carboxylic acids is 2. The summed E-state index contributed by atoms with van der Waals surface area (Å²) in [6.07, 6.45) is 2.94. The van der Waals surface area contributed by atoms with Crippen LogP contribution in [0.3, 0.4) is 0 Å². The van der Waals surface area contributed by atoms with E-state index in [1.54, 1.807) is 37.5 Å². The third kappa shape index (κ3) is 3.75. The van der Waals surface area contributed by atoms with Gasteiger partial charge in [-0.25, -0.2) is 0 Å². The summed E-state index contributed by atoms with van der Waals surface area (Å²) in [6, 6.07) is 6.78. The molecule has 1 aromatic carbocycles. The molecule has 1 rings (SSSR count). The highest BCUT2D eigenvalue weighted by Gasteiger charge is 2.36. The predicted molar refractivity (Wildman–Crippen MR) is 87.9 cm³/mol. The number of methoxy groups -OCH3 is 1. The van der Waals surface area contributed by atoms with E-state index in [9.17, 15) is 9.59 Å². The van der Waals surface area contributed by atoms with E-state index in [2.05, 4.69) is 6.58 Å². The Morgan fingerprint density at radius 1 is 1.27 bits per heavy atom. The van der Waals surface area contributed by atoms with Gasteiger partial charge in [0.2, 0.25) is 5.91 Å². The molecule has 0 saturated heterocycles. The highest BCUT2D eigenvalue weighted by Crippen LogP contribution is 2.29. The van der Waals surface area contributed by atoms with Crippen molar-refractivity contribution in [1.29, 1.82) is 0 Å². The maximum Gasteiger partial charge on any atom is 0.260 e. The molecule has 0 radical (unpaired) electrons. The molecule has 0 aromatic heterocycles. The van der Waals surface area contributed by atoms with Crippen LogP contribution in [0.5, 0.6) is 5.75 Å². The summed E-state index contributed by atoms with van der Waals surface area (Å²) in [5.41, 5.74) is -0.118. The summed E-state index contributed by atoms with van der Waals surface area (Å²) >= 11 is 0. The zero-order valence-corrected chi connectivity index (χ0v) is 13.9. The second kappa shape index (κ2) is 7.78. The minimum atomic E-state index is -0.597. The molecular formula is C18H25NO3. The summed E-state index contributed by atoms with van der Waals surface area (Å²) in [7, 11) is 1.57. The van der Waals surface area contributed by atoms with Gasteiger partial charge in [0.25, 0.3) is 5.91 Å². The highest BCUT2D eigenvalue weighted by molar-refractivity contribution is 6.06. The van der Waals surface area contributed by atoms with E-state index < -0.39 is 5.41 Å². The number of amides is 2. The maximum atomic E-state index is 12.8. The molecule has 0 N–H and O–H groups in total. The van der Waals surface area contributed by atoms with Crippen molar-refractivity contribution in [1.82, 2.24) is 4.90 Å². The Bertz CT molecular complexity index is 536. The zero-order valence-electron chi connectivity index (χ0n) is 13.9. The Balaban J connectivity index is 3.05. The summed E-state index contributed by atoms with van der Waals surface area (Å²) < 4.78 is 5.08. The first-order valence-corrected chi connectivity index (χ1v) is 7.54. The first kappa shape index (κ1) is 18.0. The molecule has 0 aliphatic rings. The first-order valence-electron chi connectivity index (χ1n) is 7.54. The Kier molecular flexibility index (Phi) is 6.35. The van der Waals surface area contributed by atoms with Gasteiger partial charge >= 0.3 is 0 Å². The largest absolute Gasteiger partial charge is 0.497 e. The van der Waals surface area contributed by atoms with Crippen molar-refractivity contribution in [3.05, 3.63) is 42.5 Å². The van der Waals surface area contributed by atoms with Crippen molar-refractivity contribution in [2.45, 2.75) is 33.6 Å². The summed E-state index contributed by atoms with van der Waals surface area (Å²) in [6.45, 7) is 9.69. The van der Waals surface area contributed by atoms with E-state index in [0.29, 0.717) is 30.7 Å². The average Bonchev–Trinajstić information content (AvgIpc) is 2.55. The minimum Gasteiger partial charge on any atom is -0.497 e. The second-order valence-corrected chi connectivity index (χ2v) is 5.49. The number of carbonyl (C=O) groups is 2. The van der Waals surface area contributed by atoms with Gasteiger partial charge in [-0.2, -0.15) is 0 Å². The Labute approximate surface area is 132 Å². The van der Waals surface area contributed by atoms with Crippen LogP contribution in [-0.2, 0) is 4.79 Å². The molecule has 0 heterocycles. The lowest BCUT2D eigenvalue weighted by Crippen LogP contribution is -2.45. The molecule has 0 saturated carbocycles. The van der Waals surface area contributed by atoms with Gasteiger partial charge < -0.3 is 4.74 Å². The lowest BCUT2D eigenvalue weighted by atomic mass is 9.82. The summed E-state index contributed by atoms with van der Waals surface area (Å²) in [5.74, 6) is 0.244. The maximum absolute atomic E-state index is 12.8. The molecule has 2 amide bonds. The molecule has 0 bridgehead atoms. The van der Waals surface area contributed by atoms with Crippen LogP contribution in [0.4, 0.5) is 0 Å². The van der Waals surface area contributed by atoms with Crippen LogP contribution in [0, 0.1) is 5.41 Å². The lowest BCUT2D eigenvalue weighted by molar-refractivity contribution is -0.138. The van der Waals surface area contributed by atoms with Crippen molar-refractivity contribution >= 4 is 11.8 Å². The summed E-state index contributed by atoms with van der Waals surface area (Å²) in [4.78, 5) is 26.7. The molecule has 0 spiro atoms. The van der Waals surface area contributed by atoms with Crippen molar-refractivity contribution in [2.24, 2.45) is 5.41 Å². The molecule has 0 aliphatic carbocycles. The normalized spacial score (nSPS) is 13.1. The Hall–Kier alpha value is -2.10. The number of nitrogens with zero attached hydrogens (tertiary/aromatic N) is 1. The molecule has 0 aliphatic heterocycles. The van der Waals surface area contributed by atoms with Crippen LogP contribution in [0.15, 0.2) is 36.9 Å². The van der Waals surface area contributed by atoms with Crippen LogP contribution in [0.1, 0.15) is 44.0 Å². The van der Waals surface area contributed by atoms with E-state index in [0.717, 1.165) is 0 Å². The van der Waals surface area contributed by atoms with Crippen LogP contribution >= 0.6 is 0 Å². The van der Waals surface area contributed by atoms with E-state index in [-0.39, 0.29) is 11.8 Å². The fourth-order valence-corrected chi connectivity index (χ4v) is 2.30. The highest BCUT2D eigenvalue weighted by atomic mass is 16.5. The van der Waals surface area contributed by atoms with Gasteiger partial charge in [0.1, 0.15) is 5.75 Å². The van der Waals surface area contributed by atoms with E-state index >= 15 is 0 Å². The quantitative estimate of drug-likeness (QED) is 0.722. The number of hydrogen-bond donors (Lipinski definition) is 0. The van der Waals surface area contributed by atoms with Crippen molar-refractivity contribution in [3.63, 3.8) is 0 Å². The minimum absolute atomic E-state index is 0.154. The van der Waals surface area contributed by atoms with Crippen molar-refractivity contribution < 1.29 is 14.3 Å². The molecule has 22 heavy (non-hydrogen) atoms.